The molecule has 0 unspecified atom stereocenters. The lowest BCUT2D eigenvalue weighted by atomic mass is 9.87. The molecule has 12 heteroatoms. The number of alkyl halides is 3. The third-order valence-electron chi connectivity index (χ3n) is 7.68. The van der Waals surface area contributed by atoms with E-state index in [4.69, 9.17) is 4.74 Å². The van der Waals surface area contributed by atoms with Gasteiger partial charge >= 0.3 is 12.1 Å². The lowest BCUT2D eigenvalue weighted by Gasteiger charge is -2.32. The number of piperidine rings is 1. The van der Waals surface area contributed by atoms with Crippen LogP contribution in [0.5, 0.6) is 5.75 Å². The van der Waals surface area contributed by atoms with E-state index in [9.17, 15) is 27.9 Å². The molecule has 43 heavy (non-hydrogen) atoms. The number of likely N-dealkylation sites (tertiary alicyclic amines) is 1. The number of hydrogen-bond acceptors (Lipinski definition) is 6. The molecule has 1 aliphatic heterocycles. The van der Waals surface area contributed by atoms with Gasteiger partial charge in [-0.15, -0.1) is 11.3 Å². The fraction of sp³-hybridized carbons (Fsp3) is 0.355. The van der Waals surface area contributed by atoms with Crippen LogP contribution in [0.25, 0.3) is 16.4 Å². The van der Waals surface area contributed by atoms with Gasteiger partial charge in [0.1, 0.15) is 17.9 Å². The number of aromatic carboxylic acids is 1. The van der Waals surface area contributed by atoms with Crippen molar-refractivity contribution in [1.29, 1.82) is 0 Å². The number of halogens is 3. The molecular weight excluding hydrogens is 581 g/mol. The Labute approximate surface area is 250 Å². The average molecular weight is 613 g/mol. The van der Waals surface area contributed by atoms with Crippen LogP contribution in [0.15, 0.2) is 48.0 Å². The average Bonchev–Trinajstić information content (AvgIpc) is 3.64. The normalized spacial score (nSPS) is 14.2. The molecule has 0 aliphatic carbocycles. The largest absolute Gasteiger partial charge is 0.488 e. The summed E-state index contributed by atoms with van der Waals surface area (Å²) in [7, 11) is 0. The summed E-state index contributed by atoms with van der Waals surface area (Å²) in [5.41, 5.74) is 2.15. The van der Waals surface area contributed by atoms with Gasteiger partial charge in [0.2, 0.25) is 5.91 Å². The molecule has 1 N–H and O–H groups in total. The summed E-state index contributed by atoms with van der Waals surface area (Å²) in [4.78, 5) is 30.5. The zero-order chi connectivity index (χ0) is 30.9. The SMILES string of the molecule is CCC(=O)N1CCC(c2cc(C)c(OCc3ccsc3-c3cccc(-n4ncc(C(=O)O)c4C(F)(F)F)n3)c(C)c2)CC1. The van der Waals surface area contributed by atoms with Crippen molar-refractivity contribution in [3.05, 3.63) is 81.5 Å². The third kappa shape index (κ3) is 6.29. The number of pyridine rings is 1. The van der Waals surface area contributed by atoms with Gasteiger partial charge < -0.3 is 14.7 Å². The standard InChI is InChI=1S/C31H31F3N4O4S/c1-4-26(39)37-11-8-20(9-12-37)22-14-18(2)27(19(3)15-22)42-17-21-10-13-43-28(21)24-6-5-7-25(36-24)38-29(31(32,33)34)23(16-35-38)30(40)41/h5-7,10,13-16,20H,4,8-9,11-12,17H2,1-3H3,(H,40,41). The Morgan fingerprint density at radius 2 is 1.81 bits per heavy atom. The van der Waals surface area contributed by atoms with Gasteiger partial charge in [-0.25, -0.2) is 14.5 Å². The van der Waals surface area contributed by atoms with Crippen LogP contribution < -0.4 is 4.74 Å². The predicted molar refractivity (Wildman–Crippen MR) is 156 cm³/mol. The topological polar surface area (TPSA) is 97.6 Å². The van der Waals surface area contributed by atoms with Gasteiger partial charge in [0.25, 0.3) is 0 Å². The van der Waals surface area contributed by atoms with Crippen molar-refractivity contribution in [2.24, 2.45) is 0 Å². The molecule has 1 amide bonds. The van der Waals surface area contributed by atoms with Crippen LogP contribution in [0.4, 0.5) is 13.2 Å². The second kappa shape index (κ2) is 12.2. The van der Waals surface area contributed by atoms with E-state index in [2.05, 4.69) is 22.2 Å². The van der Waals surface area contributed by atoms with Crippen LogP contribution in [0, 0.1) is 13.8 Å². The van der Waals surface area contributed by atoms with E-state index in [1.54, 1.807) is 12.1 Å². The molecule has 0 saturated carbocycles. The molecule has 0 radical (unpaired) electrons. The number of carbonyl (C=O) groups excluding carboxylic acids is 1. The number of carboxylic acid groups (broad SMARTS) is 1. The van der Waals surface area contributed by atoms with Crippen molar-refractivity contribution in [2.45, 2.75) is 58.7 Å². The van der Waals surface area contributed by atoms with E-state index < -0.39 is 23.4 Å². The molecule has 4 heterocycles. The second-order valence-corrected chi connectivity index (χ2v) is 11.5. The molecule has 1 aliphatic rings. The highest BCUT2D eigenvalue weighted by Gasteiger charge is 2.41. The first-order chi connectivity index (χ1) is 20.5. The first-order valence-corrected chi connectivity index (χ1v) is 14.8. The first kappa shape index (κ1) is 30.3. The minimum Gasteiger partial charge on any atom is -0.488 e. The Morgan fingerprint density at radius 3 is 2.44 bits per heavy atom. The molecule has 0 atom stereocenters. The lowest BCUT2D eigenvalue weighted by molar-refractivity contribution is -0.143. The summed E-state index contributed by atoms with van der Waals surface area (Å²) in [5, 5.41) is 14.8. The van der Waals surface area contributed by atoms with Crippen LogP contribution in [-0.2, 0) is 17.6 Å². The molecule has 1 aromatic carbocycles. The van der Waals surface area contributed by atoms with Gasteiger partial charge in [0, 0.05) is 25.1 Å². The van der Waals surface area contributed by atoms with Gasteiger partial charge in [0.15, 0.2) is 11.5 Å². The van der Waals surface area contributed by atoms with Crippen molar-refractivity contribution in [3.63, 3.8) is 0 Å². The number of rotatable bonds is 8. The summed E-state index contributed by atoms with van der Waals surface area (Å²) in [5.74, 6) is -0.518. The number of carboxylic acids is 1. The molecule has 0 bridgehead atoms. The number of ether oxygens (including phenoxy) is 1. The number of aryl methyl sites for hydroxylation is 2. The first-order valence-electron chi connectivity index (χ1n) is 13.9. The van der Waals surface area contributed by atoms with Gasteiger partial charge in [-0.2, -0.15) is 18.3 Å². The molecule has 1 fully saturated rings. The number of hydrogen-bond donors (Lipinski definition) is 1. The van der Waals surface area contributed by atoms with Crippen molar-refractivity contribution in [2.75, 3.05) is 13.1 Å². The van der Waals surface area contributed by atoms with Gasteiger partial charge in [-0.05, 0) is 72.9 Å². The smallest absolute Gasteiger partial charge is 0.434 e. The molecule has 5 rings (SSSR count). The molecule has 8 nitrogen and oxygen atoms in total. The third-order valence-corrected chi connectivity index (χ3v) is 8.65. The molecule has 226 valence electrons. The van der Waals surface area contributed by atoms with Gasteiger partial charge in [0.05, 0.1) is 16.8 Å². The number of carbonyl (C=O) groups is 2. The van der Waals surface area contributed by atoms with Crippen molar-refractivity contribution in [3.8, 4) is 22.1 Å². The number of benzene rings is 1. The fourth-order valence-corrected chi connectivity index (χ4v) is 6.46. The van der Waals surface area contributed by atoms with E-state index >= 15 is 0 Å². The van der Waals surface area contributed by atoms with Crippen LogP contribution in [-0.4, -0.2) is 49.7 Å². The Bertz CT molecular complexity index is 1630. The van der Waals surface area contributed by atoms with E-state index in [1.807, 2.05) is 37.1 Å². The van der Waals surface area contributed by atoms with E-state index in [0.29, 0.717) is 28.9 Å². The Morgan fingerprint density at radius 1 is 1.12 bits per heavy atom. The highest BCUT2D eigenvalue weighted by molar-refractivity contribution is 7.13. The predicted octanol–water partition coefficient (Wildman–Crippen LogP) is 7.02. The Hall–Kier alpha value is -4.19. The summed E-state index contributed by atoms with van der Waals surface area (Å²) >= 11 is 1.38. The minimum absolute atomic E-state index is 0.148. The van der Waals surface area contributed by atoms with Crippen LogP contribution >= 0.6 is 11.3 Å². The highest BCUT2D eigenvalue weighted by Crippen LogP contribution is 2.37. The lowest BCUT2D eigenvalue weighted by Crippen LogP contribution is -2.37. The Kier molecular flexibility index (Phi) is 8.59. The Balaban J connectivity index is 1.34. The molecule has 1 saturated heterocycles. The minimum atomic E-state index is -4.94. The number of aromatic nitrogens is 3. The van der Waals surface area contributed by atoms with Gasteiger partial charge in [-0.1, -0.05) is 25.1 Å². The van der Waals surface area contributed by atoms with Crippen LogP contribution in [0.3, 0.4) is 0 Å². The zero-order valence-corrected chi connectivity index (χ0v) is 24.8. The molecule has 4 aromatic rings. The summed E-state index contributed by atoms with van der Waals surface area (Å²) in [6.07, 6.45) is -1.89. The summed E-state index contributed by atoms with van der Waals surface area (Å²) < 4.78 is 48.1. The summed E-state index contributed by atoms with van der Waals surface area (Å²) in [6.45, 7) is 7.66. The molecular formula is C31H31F3N4O4S. The maximum atomic E-state index is 13.8. The number of nitrogens with zero attached hydrogens (tertiary/aromatic N) is 4. The van der Waals surface area contributed by atoms with E-state index in [1.165, 1.54) is 23.0 Å². The van der Waals surface area contributed by atoms with Crippen molar-refractivity contribution in [1.82, 2.24) is 19.7 Å². The maximum absolute atomic E-state index is 13.8. The fourth-order valence-electron chi connectivity index (χ4n) is 5.58. The summed E-state index contributed by atoms with van der Waals surface area (Å²) in [6, 6.07) is 10.8. The van der Waals surface area contributed by atoms with Crippen molar-refractivity contribution < 1.29 is 32.6 Å². The molecule has 3 aromatic heterocycles. The molecule has 0 spiro atoms. The highest BCUT2D eigenvalue weighted by atomic mass is 32.1. The van der Waals surface area contributed by atoms with Gasteiger partial charge in [-0.3, -0.25) is 4.79 Å². The maximum Gasteiger partial charge on any atom is 0.434 e. The quantitative estimate of drug-likeness (QED) is 0.230. The van der Waals surface area contributed by atoms with E-state index in [-0.39, 0.29) is 18.3 Å². The second-order valence-electron chi connectivity index (χ2n) is 10.6. The monoisotopic (exact) mass is 612 g/mol. The van der Waals surface area contributed by atoms with Crippen LogP contribution in [0.1, 0.15) is 70.4 Å². The van der Waals surface area contributed by atoms with Crippen molar-refractivity contribution >= 4 is 23.2 Å². The zero-order valence-electron chi connectivity index (χ0n) is 23.9. The van der Waals surface area contributed by atoms with E-state index in [0.717, 1.165) is 53.2 Å². The van der Waals surface area contributed by atoms with Crippen LogP contribution in [0.2, 0.25) is 0 Å². The number of amides is 1. The number of thiophene rings is 1.